The molecule has 0 amide bonds. The molecule has 0 saturated carbocycles. The molecular formula is C17H17O2P. The van der Waals surface area contributed by atoms with Crippen molar-refractivity contribution in [3.05, 3.63) is 60.7 Å². The second kappa shape index (κ2) is 4.96. The van der Waals surface area contributed by atoms with E-state index in [1.807, 2.05) is 55.5 Å². The highest BCUT2D eigenvalue weighted by Crippen LogP contribution is 2.54. The third-order valence-electron chi connectivity index (χ3n) is 3.53. The first kappa shape index (κ1) is 13.2. The molecule has 1 aliphatic heterocycles. The molecule has 2 nitrogen and oxygen atoms in total. The fourth-order valence-electron chi connectivity index (χ4n) is 2.48. The van der Waals surface area contributed by atoms with E-state index in [1.54, 1.807) is 0 Å². The Morgan fingerprint density at radius 2 is 1.75 bits per heavy atom. The molecule has 102 valence electrons. The smallest absolute Gasteiger partial charge is 0.278 e. The zero-order valence-electron chi connectivity index (χ0n) is 11.5. The summed E-state index contributed by atoms with van der Waals surface area (Å²) in [5.74, 6) is 0.719. The van der Waals surface area contributed by atoms with Crippen molar-refractivity contribution in [3.63, 3.8) is 0 Å². The van der Waals surface area contributed by atoms with Gasteiger partial charge in [-0.25, -0.2) is 0 Å². The quantitative estimate of drug-likeness (QED) is 0.607. The zero-order valence-corrected chi connectivity index (χ0v) is 12.4. The molecule has 3 rings (SSSR count). The fourth-order valence-corrected chi connectivity index (χ4v) is 4.94. The summed E-state index contributed by atoms with van der Waals surface area (Å²) >= 11 is 0. The van der Waals surface area contributed by atoms with Crippen molar-refractivity contribution < 1.29 is 9.09 Å². The molecule has 0 saturated heterocycles. The predicted molar refractivity (Wildman–Crippen MR) is 84.0 cm³/mol. The minimum atomic E-state index is -2.85. The monoisotopic (exact) mass is 284 g/mol. The number of rotatable bonds is 3. The Bertz CT molecular complexity index is 718. The van der Waals surface area contributed by atoms with Gasteiger partial charge in [0, 0.05) is 11.7 Å². The van der Waals surface area contributed by atoms with Gasteiger partial charge in [-0.1, -0.05) is 42.0 Å². The van der Waals surface area contributed by atoms with Crippen LogP contribution in [0.1, 0.15) is 13.3 Å². The van der Waals surface area contributed by atoms with Crippen LogP contribution >= 0.6 is 7.37 Å². The summed E-state index contributed by atoms with van der Waals surface area (Å²) < 4.78 is 19.2. The van der Waals surface area contributed by atoms with Crippen LogP contribution < -0.4 is 9.83 Å². The molecule has 3 heteroatoms. The standard InChI is InChI=1S/C17H17O2P/c1-13(2)11-12-20(18)17-10-6-4-8-15(17)14-7-3-5-9-16(14)19-20/h3-10H,1,11-12H2,2H3. The summed E-state index contributed by atoms with van der Waals surface area (Å²) in [4.78, 5) is 0. The maximum Gasteiger partial charge on any atom is 0.278 e. The van der Waals surface area contributed by atoms with Gasteiger partial charge >= 0.3 is 0 Å². The van der Waals surface area contributed by atoms with Crippen LogP contribution in [0.3, 0.4) is 0 Å². The van der Waals surface area contributed by atoms with Crippen LogP contribution in [-0.4, -0.2) is 6.16 Å². The molecule has 0 radical (unpaired) electrons. The highest BCUT2D eigenvalue weighted by atomic mass is 31.2. The van der Waals surface area contributed by atoms with E-state index in [2.05, 4.69) is 6.58 Å². The number of allylic oxidation sites excluding steroid dienone is 1. The van der Waals surface area contributed by atoms with Crippen LogP contribution in [0.5, 0.6) is 5.75 Å². The second-order valence-corrected chi connectivity index (χ2v) is 7.67. The summed E-state index contributed by atoms with van der Waals surface area (Å²) in [6, 6.07) is 15.6. The first-order chi connectivity index (χ1) is 9.60. The van der Waals surface area contributed by atoms with Crippen molar-refractivity contribution in [2.45, 2.75) is 13.3 Å². The molecule has 1 aliphatic rings. The zero-order chi connectivity index (χ0) is 14.2. The molecule has 0 N–H and O–H groups in total. The summed E-state index contributed by atoms with van der Waals surface area (Å²) in [6.07, 6.45) is 1.22. The molecule has 0 aromatic heterocycles. The van der Waals surface area contributed by atoms with E-state index in [-0.39, 0.29) is 0 Å². The number of fused-ring (bicyclic) bond motifs is 3. The predicted octanol–water partition coefficient (Wildman–Crippen LogP) is 4.62. The molecule has 0 spiro atoms. The Labute approximate surface area is 119 Å². The van der Waals surface area contributed by atoms with Gasteiger partial charge in [0.25, 0.3) is 7.37 Å². The lowest BCUT2D eigenvalue weighted by Gasteiger charge is -2.28. The van der Waals surface area contributed by atoms with Crippen molar-refractivity contribution in [2.24, 2.45) is 0 Å². The van der Waals surface area contributed by atoms with Crippen LogP contribution in [0.4, 0.5) is 0 Å². The van der Waals surface area contributed by atoms with E-state index in [1.165, 1.54) is 0 Å². The second-order valence-electron chi connectivity index (χ2n) is 5.21. The van der Waals surface area contributed by atoms with Crippen LogP contribution in [0.25, 0.3) is 11.1 Å². The van der Waals surface area contributed by atoms with E-state index in [4.69, 9.17) is 4.52 Å². The van der Waals surface area contributed by atoms with Gasteiger partial charge in [0.05, 0.1) is 5.30 Å². The number of hydrogen-bond donors (Lipinski definition) is 0. The first-order valence-corrected chi connectivity index (χ1v) is 8.53. The molecule has 1 heterocycles. The minimum absolute atomic E-state index is 0.508. The lowest BCUT2D eigenvalue weighted by molar-refractivity contribution is 0.490. The molecular weight excluding hydrogens is 267 g/mol. The topological polar surface area (TPSA) is 26.3 Å². The van der Waals surface area contributed by atoms with Gasteiger partial charge in [0.2, 0.25) is 0 Å². The number of para-hydroxylation sites is 1. The highest BCUT2D eigenvalue weighted by Gasteiger charge is 2.35. The largest absolute Gasteiger partial charge is 0.439 e. The van der Waals surface area contributed by atoms with Gasteiger partial charge in [-0.05, 0) is 31.0 Å². The summed E-state index contributed by atoms with van der Waals surface area (Å²) in [6.45, 7) is 5.85. The molecule has 0 aliphatic carbocycles. The first-order valence-electron chi connectivity index (χ1n) is 6.72. The Morgan fingerprint density at radius 1 is 1.10 bits per heavy atom. The van der Waals surface area contributed by atoms with E-state index in [0.29, 0.717) is 12.6 Å². The Kier molecular flexibility index (Phi) is 3.27. The summed E-state index contributed by atoms with van der Waals surface area (Å²) in [7, 11) is -2.85. The van der Waals surface area contributed by atoms with Crippen molar-refractivity contribution in [2.75, 3.05) is 6.16 Å². The van der Waals surface area contributed by atoms with E-state index >= 15 is 0 Å². The molecule has 2 aromatic carbocycles. The lowest BCUT2D eigenvalue weighted by atomic mass is 10.0. The normalized spacial score (nSPS) is 19.6. The molecule has 1 atom stereocenters. The third-order valence-corrected chi connectivity index (χ3v) is 5.96. The van der Waals surface area contributed by atoms with Crippen LogP contribution in [0, 0.1) is 0 Å². The fraction of sp³-hybridized carbons (Fsp3) is 0.176. The summed E-state index contributed by atoms with van der Waals surface area (Å²) in [5.41, 5.74) is 3.07. The Hall–Kier alpha value is -1.79. The lowest BCUT2D eigenvalue weighted by Crippen LogP contribution is -2.19. The SMILES string of the molecule is C=C(C)CCP1(=O)Oc2ccccc2-c2ccccc21. The van der Waals surface area contributed by atoms with Crippen molar-refractivity contribution in [1.29, 1.82) is 0 Å². The van der Waals surface area contributed by atoms with E-state index in [9.17, 15) is 4.57 Å². The molecule has 0 fully saturated rings. The van der Waals surface area contributed by atoms with Crippen LogP contribution in [0.15, 0.2) is 60.7 Å². The van der Waals surface area contributed by atoms with E-state index < -0.39 is 7.37 Å². The van der Waals surface area contributed by atoms with Crippen LogP contribution in [0.2, 0.25) is 0 Å². The number of benzene rings is 2. The minimum Gasteiger partial charge on any atom is -0.439 e. The average Bonchev–Trinajstić information content (AvgIpc) is 2.46. The molecule has 2 aromatic rings. The Morgan fingerprint density at radius 3 is 2.50 bits per heavy atom. The van der Waals surface area contributed by atoms with Crippen LogP contribution in [-0.2, 0) is 4.57 Å². The van der Waals surface area contributed by atoms with E-state index in [0.717, 1.165) is 27.8 Å². The molecule has 0 bridgehead atoms. The maximum absolute atomic E-state index is 13.3. The average molecular weight is 284 g/mol. The van der Waals surface area contributed by atoms with Crippen molar-refractivity contribution in [1.82, 2.24) is 0 Å². The third kappa shape index (κ3) is 2.21. The van der Waals surface area contributed by atoms with Gasteiger partial charge in [0.15, 0.2) is 0 Å². The van der Waals surface area contributed by atoms with Gasteiger partial charge in [-0.2, -0.15) is 0 Å². The van der Waals surface area contributed by atoms with Gasteiger partial charge in [0.1, 0.15) is 5.75 Å². The van der Waals surface area contributed by atoms with Gasteiger partial charge in [-0.3, -0.25) is 4.57 Å². The van der Waals surface area contributed by atoms with Gasteiger partial charge < -0.3 is 4.52 Å². The van der Waals surface area contributed by atoms with Crippen molar-refractivity contribution in [3.8, 4) is 16.9 Å². The maximum atomic E-state index is 13.3. The highest BCUT2D eigenvalue weighted by molar-refractivity contribution is 7.67. The van der Waals surface area contributed by atoms with Gasteiger partial charge in [-0.15, -0.1) is 6.58 Å². The molecule has 1 unspecified atom stereocenters. The Balaban J connectivity index is 2.13. The number of hydrogen-bond acceptors (Lipinski definition) is 2. The van der Waals surface area contributed by atoms with Crippen molar-refractivity contribution >= 4 is 12.7 Å². The molecule has 20 heavy (non-hydrogen) atoms. The summed E-state index contributed by atoms with van der Waals surface area (Å²) in [5, 5.41) is 0.833.